The SMILES string of the molecule is CCCOC1C=CC=C1P(c1ccccc1)c1ccccc1. The Balaban J connectivity index is 1.96. The summed E-state index contributed by atoms with van der Waals surface area (Å²) >= 11 is 0. The van der Waals surface area contributed by atoms with Crippen LogP contribution in [-0.2, 0) is 4.74 Å². The minimum absolute atomic E-state index is 0.117. The zero-order valence-corrected chi connectivity index (χ0v) is 13.7. The summed E-state index contributed by atoms with van der Waals surface area (Å²) in [6.45, 7) is 2.96. The molecule has 0 heterocycles. The topological polar surface area (TPSA) is 9.23 Å². The molecule has 2 aromatic carbocycles. The molecule has 3 rings (SSSR count). The number of allylic oxidation sites excluding steroid dienone is 2. The summed E-state index contributed by atoms with van der Waals surface area (Å²) in [4.78, 5) is 0. The normalized spacial score (nSPS) is 17.0. The van der Waals surface area contributed by atoms with Gasteiger partial charge in [0.1, 0.15) is 6.10 Å². The van der Waals surface area contributed by atoms with Gasteiger partial charge in [-0.05, 0) is 30.3 Å². The quantitative estimate of drug-likeness (QED) is 0.720. The molecule has 1 aliphatic rings. The van der Waals surface area contributed by atoms with Crippen LogP contribution >= 0.6 is 7.92 Å². The second kappa shape index (κ2) is 7.54. The maximum atomic E-state index is 6.05. The fraction of sp³-hybridized carbons (Fsp3) is 0.200. The molecule has 1 aliphatic carbocycles. The maximum absolute atomic E-state index is 6.05. The fourth-order valence-corrected chi connectivity index (χ4v) is 5.12. The molecule has 0 spiro atoms. The van der Waals surface area contributed by atoms with E-state index < -0.39 is 7.92 Å². The van der Waals surface area contributed by atoms with Crippen molar-refractivity contribution in [3.8, 4) is 0 Å². The lowest BCUT2D eigenvalue weighted by atomic mass is 10.4. The minimum atomic E-state index is -0.534. The second-order valence-electron chi connectivity index (χ2n) is 5.27. The van der Waals surface area contributed by atoms with E-state index in [1.54, 1.807) is 0 Å². The van der Waals surface area contributed by atoms with Crippen LogP contribution in [0.4, 0.5) is 0 Å². The largest absolute Gasteiger partial charge is 0.369 e. The zero-order valence-electron chi connectivity index (χ0n) is 12.9. The van der Waals surface area contributed by atoms with Crippen molar-refractivity contribution in [3.63, 3.8) is 0 Å². The minimum Gasteiger partial charge on any atom is -0.369 e. The molecule has 1 atom stereocenters. The van der Waals surface area contributed by atoms with E-state index in [4.69, 9.17) is 4.74 Å². The molecule has 22 heavy (non-hydrogen) atoms. The van der Waals surface area contributed by atoms with Crippen molar-refractivity contribution in [2.24, 2.45) is 0 Å². The predicted molar refractivity (Wildman–Crippen MR) is 96.3 cm³/mol. The summed E-state index contributed by atoms with van der Waals surface area (Å²) in [6.07, 6.45) is 7.72. The van der Waals surface area contributed by atoms with Gasteiger partial charge in [-0.25, -0.2) is 0 Å². The number of hydrogen-bond acceptors (Lipinski definition) is 1. The third-order valence-corrected chi connectivity index (χ3v) is 6.18. The summed E-state index contributed by atoms with van der Waals surface area (Å²) in [5, 5.41) is 4.15. The third-order valence-electron chi connectivity index (χ3n) is 3.63. The van der Waals surface area contributed by atoms with E-state index in [-0.39, 0.29) is 6.10 Å². The first-order valence-electron chi connectivity index (χ1n) is 7.80. The summed E-state index contributed by atoms with van der Waals surface area (Å²) in [5.74, 6) is 0. The number of ether oxygens (including phenoxy) is 1. The number of rotatable bonds is 6. The van der Waals surface area contributed by atoms with Crippen molar-refractivity contribution in [2.75, 3.05) is 6.61 Å². The van der Waals surface area contributed by atoms with Crippen molar-refractivity contribution < 1.29 is 4.74 Å². The molecular weight excluding hydrogens is 287 g/mol. The molecule has 2 heteroatoms. The molecule has 0 bridgehead atoms. The standard InChI is InChI=1S/C20H21OP/c1-2-16-21-19-14-9-15-20(19)22(17-10-5-3-6-11-17)18-12-7-4-8-13-18/h3-15,19H,2,16H2,1H3. The molecule has 1 nitrogen and oxygen atoms in total. The zero-order chi connectivity index (χ0) is 15.2. The van der Waals surface area contributed by atoms with Crippen molar-refractivity contribution in [2.45, 2.75) is 19.4 Å². The third kappa shape index (κ3) is 3.38. The van der Waals surface area contributed by atoms with Crippen molar-refractivity contribution in [1.82, 2.24) is 0 Å². The lowest BCUT2D eigenvalue weighted by molar-refractivity contribution is 0.115. The summed E-state index contributed by atoms with van der Waals surface area (Å²) in [5.41, 5.74) is 0. The van der Waals surface area contributed by atoms with E-state index in [0.717, 1.165) is 13.0 Å². The average molecular weight is 308 g/mol. The molecular formula is C20H21OP. The summed E-state index contributed by atoms with van der Waals surface area (Å²) < 4.78 is 6.05. The Hall–Kier alpha value is -1.69. The molecule has 0 N–H and O–H groups in total. The smallest absolute Gasteiger partial charge is 0.102 e. The van der Waals surface area contributed by atoms with Crippen LogP contribution in [0.2, 0.25) is 0 Å². The van der Waals surface area contributed by atoms with Crippen LogP contribution in [0.25, 0.3) is 0 Å². The Morgan fingerprint density at radius 3 is 2.05 bits per heavy atom. The number of benzene rings is 2. The van der Waals surface area contributed by atoms with Crippen LogP contribution in [0.3, 0.4) is 0 Å². The van der Waals surface area contributed by atoms with Crippen LogP contribution in [0, 0.1) is 0 Å². The van der Waals surface area contributed by atoms with Crippen LogP contribution in [0.5, 0.6) is 0 Å². The molecule has 2 aromatic rings. The summed E-state index contributed by atoms with van der Waals surface area (Å²) in [6, 6.07) is 21.6. The van der Waals surface area contributed by atoms with E-state index >= 15 is 0 Å². The van der Waals surface area contributed by atoms with E-state index in [1.165, 1.54) is 15.9 Å². The van der Waals surface area contributed by atoms with Gasteiger partial charge in [-0.1, -0.05) is 85.8 Å². The molecule has 0 amide bonds. The predicted octanol–water partition coefficient (Wildman–Crippen LogP) is 4.37. The lowest BCUT2D eigenvalue weighted by Gasteiger charge is -2.25. The lowest BCUT2D eigenvalue weighted by Crippen LogP contribution is -2.19. The van der Waals surface area contributed by atoms with Crippen LogP contribution in [0.1, 0.15) is 13.3 Å². The van der Waals surface area contributed by atoms with Crippen LogP contribution in [0.15, 0.2) is 84.2 Å². The second-order valence-corrected chi connectivity index (χ2v) is 7.49. The Morgan fingerprint density at radius 2 is 1.50 bits per heavy atom. The highest BCUT2D eigenvalue weighted by Crippen LogP contribution is 2.47. The Kier molecular flexibility index (Phi) is 5.21. The van der Waals surface area contributed by atoms with Crippen molar-refractivity contribution >= 4 is 18.5 Å². The highest BCUT2D eigenvalue weighted by Gasteiger charge is 2.26. The van der Waals surface area contributed by atoms with Gasteiger partial charge in [-0.3, -0.25) is 0 Å². The first-order chi connectivity index (χ1) is 10.9. The van der Waals surface area contributed by atoms with Gasteiger partial charge >= 0.3 is 0 Å². The van der Waals surface area contributed by atoms with Crippen LogP contribution in [-0.4, -0.2) is 12.7 Å². The molecule has 0 fully saturated rings. The highest BCUT2D eigenvalue weighted by atomic mass is 31.1. The van der Waals surface area contributed by atoms with E-state index in [0.29, 0.717) is 0 Å². The van der Waals surface area contributed by atoms with Gasteiger partial charge < -0.3 is 4.74 Å². The molecule has 112 valence electrons. The van der Waals surface area contributed by atoms with E-state index in [1.807, 2.05) is 0 Å². The van der Waals surface area contributed by atoms with E-state index in [2.05, 4.69) is 85.8 Å². The van der Waals surface area contributed by atoms with Gasteiger partial charge in [0.25, 0.3) is 0 Å². The Morgan fingerprint density at radius 1 is 0.909 bits per heavy atom. The monoisotopic (exact) mass is 308 g/mol. The maximum Gasteiger partial charge on any atom is 0.102 e. The molecule has 0 aliphatic heterocycles. The average Bonchev–Trinajstić information content (AvgIpc) is 3.03. The van der Waals surface area contributed by atoms with Gasteiger partial charge in [0.05, 0.1) is 0 Å². The van der Waals surface area contributed by atoms with Gasteiger partial charge in [0.15, 0.2) is 0 Å². The van der Waals surface area contributed by atoms with Gasteiger partial charge in [-0.15, -0.1) is 0 Å². The fourth-order valence-electron chi connectivity index (χ4n) is 2.64. The van der Waals surface area contributed by atoms with Crippen LogP contribution < -0.4 is 10.6 Å². The Labute approximate surface area is 134 Å². The molecule has 0 radical (unpaired) electrons. The van der Waals surface area contributed by atoms with Crippen molar-refractivity contribution in [3.05, 3.63) is 84.2 Å². The first-order valence-corrected chi connectivity index (χ1v) is 9.14. The number of hydrogen-bond donors (Lipinski definition) is 0. The van der Waals surface area contributed by atoms with E-state index in [9.17, 15) is 0 Å². The highest BCUT2D eigenvalue weighted by molar-refractivity contribution is 7.76. The Bertz CT molecular complexity index is 606. The van der Waals surface area contributed by atoms with Gasteiger partial charge in [-0.2, -0.15) is 0 Å². The molecule has 0 saturated carbocycles. The summed E-state index contributed by atoms with van der Waals surface area (Å²) in [7, 11) is -0.534. The molecule has 1 unspecified atom stereocenters. The first kappa shape index (κ1) is 15.2. The molecule has 0 aromatic heterocycles. The van der Waals surface area contributed by atoms with Crippen molar-refractivity contribution in [1.29, 1.82) is 0 Å². The van der Waals surface area contributed by atoms with Gasteiger partial charge in [0.2, 0.25) is 0 Å². The molecule has 0 saturated heterocycles. The van der Waals surface area contributed by atoms with Gasteiger partial charge in [0, 0.05) is 6.61 Å².